The van der Waals surface area contributed by atoms with Gasteiger partial charge in [0.25, 0.3) is 5.91 Å². The molecule has 1 aromatic heterocycles. The van der Waals surface area contributed by atoms with E-state index in [1.807, 2.05) is 11.8 Å². The van der Waals surface area contributed by atoms with Crippen LogP contribution < -0.4 is 5.14 Å². The molecule has 106 valence electrons. The minimum atomic E-state index is -3.74. The van der Waals surface area contributed by atoms with E-state index in [0.717, 1.165) is 30.6 Å². The number of primary sulfonamides is 1. The summed E-state index contributed by atoms with van der Waals surface area (Å²) in [7, 11) is -3.74. The number of sulfonamides is 1. The molecule has 0 radical (unpaired) electrons. The third kappa shape index (κ3) is 2.98. The molecule has 2 rings (SSSR count). The fraction of sp³-hybridized carbons (Fsp3) is 0.583. The summed E-state index contributed by atoms with van der Waals surface area (Å²) >= 11 is 1.02. The summed E-state index contributed by atoms with van der Waals surface area (Å²) in [4.78, 5) is 14.3. The number of hydrogen-bond acceptors (Lipinski definition) is 4. The predicted octanol–water partition coefficient (Wildman–Crippen LogP) is 1.72. The van der Waals surface area contributed by atoms with Gasteiger partial charge in [-0.05, 0) is 31.7 Å². The van der Waals surface area contributed by atoms with E-state index in [-0.39, 0.29) is 10.1 Å². The molecule has 1 heterocycles. The molecule has 19 heavy (non-hydrogen) atoms. The van der Waals surface area contributed by atoms with Gasteiger partial charge in [0.05, 0.1) is 5.56 Å². The molecule has 5 nitrogen and oxygen atoms in total. The summed E-state index contributed by atoms with van der Waals surface area (Å²) in [5.74, 6) is -0.0759. The highest BCUT2D eigenvalue weighted by atomic mass is 32.2. The standard InChI is InChI=1S/C12H18N2O3S2/c1-3-6-14(9-4-5-9)11(15)10-7-18-12(8(10)2)19(13,16)17/h7,9H,3-6H2,1-2H3,(H2,13,16,17). The monoisotopic (exact) mass is 302 g/mol. The van der Waals surface area contributed by atoms with Gasteiger partial charge in [-0.25, -0.2) is 13.6 Å². The van der Waals surface area contributed by atoms with Crippen LogP contribution in [0.25, 0.3) is 0 Å². The maximum absolute atomic E-state index is 12.5. The molecule has 0 saturated heterocycles. The van der Waals surface area contributed by atoms with Gasteiger partial charge in [0.2, 0.25) is 10.0 Å². The van der Waals surface area contributed by atoms with Gasteiger partial charge in [-0.15, -0.1) is 11.3 Å². The van der Waals surface area contributed by atoms with Crippen LogP contribution >= 0.6 is 11.3 Å². The molecule has 7 heteroatoms. The van der Waals surface area contributed by atoms with E-state index in [0.29, 0.717) is 23.7 Å². The van der Waals surface area contributed by atoms with E-state index in [4.69, 9.17) is 5.14 Å². The van der Waals surface area contributed by atoms with E-state index in [1.54, 1.807) is 12.3 Å². The number of rotatable bonds is 5. The summed E-state index contributed by atoms with van der Waals surface area (Å²) < 4.78 is 22.9. The van der Waals surface area contributed by atoms with E-state index in [9.17, 15) is 13.2 Å². The second-order valence-electron chi connectivity index (χ2n) is 4.84. The number of carbonyl (C=O) groups excluding carboxylic acids is 1. The number of nitrogens with two attached hydrogens (primary N) is 1. The van der Waals surface area contributed by atoms with Crippen molar-refractivity contribution in [2.24, 2.45) is 5.14 Å². The average molecular weight is 302 g/mol. The van der Waals surface area contributed by atoms with Crippen molar-refractivity contribution in [1.29, 1.82) is 0 Å². The maximum Gasteiger partial charge on any atom is 0.255 e. The Balaban J connectivity index is 2.31. The smallest absolute Gasteiger partial charge is 0.255 e. The molecular formula is C12H18N2O3S2. The van der Waals surface area contributed by atoms with E-state index < -0.39 is 10.0 Å². The van der Waals surface area contributed by atoms with Crippen LogP contribution in [0.4, 0.5) is 0 Å². The molecule has 0 aromatic carbocycles. The highest BCUT2D eigenvalue weighted by Crippen LogP contribution is 2.32. The lowest BCUT2D eigenvalue weighted by Gasteiger charge is -2.21. The minimum absolute atomic E-state index is 0.0759. The molecule has 0 spiro atoms. The molecule has 2 N–H and O–H groups in total. The Morgan fingerprint density at radius 3 is 2.58 bits per heavy atom. The van der Waals surface area contributed by atoms with Gasteiger partial charge in [-0.1, -0.05) is 6.92 Å². The lowest BCUT2D eigenvalue weighted by molar-refractivity contribution is 0.0743. The maximum atomic E-state index is 12.5. The van der Waals surface area contributed by atoms with E-state index in [1.165, 1.54) is 0 Å². The molecular weight excluding hydrogens is 284 g/mol. The number of thiophene rings is 1. The normalized spacial score (nSPS) is 15.5. The molecule has 1 saturated carbocycles. The Hall–Kier alpha value is -0.920. The van der Waals surface area contributed by atoms with Crippen LogP contribution in [0.5, 0.6) is 0 Å². The summed E-state index contributed by atoms with van der Waals surface area (Å²) in [5, 5.41) is 6.74. The Labute approximate surface area is 117 Å². The summed E-state index contributed by atoms with van der Waals surface area (Å²) in [6.07, 6.45) is 2.97. The summed E-state index contributed by atoms with van der Waals surface area (Å²) in [6, 6.07) is 0.324. The molecule has 1 aliphatic rings. The Morgan fingerprint density at radius 1 is 1.53 bits per heavy atom. The zero-order valence-electron chi connectivity index (χ0n) is 11.0. The van der Waals surface area contributed by atoms with Crippen molar-refractivity contribution in [2.75, 3.05) is 6.54 Å². The molecule has 1 aromatic rings. The SMILES string of the molecule is CCCN(C(=O)c1csc(S(N)(=O)=O)c1C)C1CC1. The number of hydrogen-bond donors (Lipinski definition) is 1. The van der Waals surface area contributed by atoms with Crippen LogP contribution in [0, 0.1) is 6.92 Å². The van der Waals surface area contributed by atoms with Gasteiger partial charge < -0.3 is 4.90 Å². The average Bonchev–Trinajstić information content (AvgIpc) is 3.06. The second kappa shape index (κ2) is 5.22. The summed E-state index contributed by atoms with van der Waals surface area (Å²) in [6.45, 7) is 4.38. The number of carbonyl (C=O) groups is 1. The van der Waals surface area contributed by atoms with Gasteiger partial charge >= 0.3 is 0 Å². The first-order valence-electron chi connectivity index (χ1n) is 6.28. The fourth-order valence-corrected chi connectivity index (χ4v) is 4.13. The van der Waals surface area contributed by atoms with Crippen molar-refractivity contribution in [1.82, 2.24) is 4.90 Å². The summed E-state index contributed by atoms with van der Waals surface area (Å²) in [5.41, 5.74) is 0.939. The van der Waals surface area contributed by atoms with E-state index >= 15 is 0 Å². The van der Waals surface area contributed by atoms with Gasteiger partial charge in [0.1, 0.15) is 4.21 Å². The lowest BCUT2D eigenvalue weighted by atomic mass is 10.2. The van der Waals surface area contributed by atoms with Gasteiger partial charge in [-0.3, -0.25) is 4.79 Å². The third-order valence-corrected chi connectivity index (χ3v) is 5.88. The highest BCUT2D eigenvalue weighted by Gasteiger charge is 2.34. The second-order valence-corrected chi connectivity index (χ2v) is 7.47. The minimum Gasteiger partial charge on any atom is -0.336 e. The quantitative estimate of drug-likeness (QED) is 0.899. The highest BCUT2D eigenvalue weighted by molar-refractivity contribution is 7.91. The largest absolute Gasteiger partial charge is 0.336 e. The van der Waals surface area contributed by atoms with Crippen LogP contribution in [0.15, 0.2) is 9.59 Å². The lowest BCUT2D eigenvalue weighted by Crippen LogP contribution is -2.34. The zero-order chi connectivity index (χ0) is 14.2. The van der Waals surface area contributed by atoms with Crippen molar-refractivity contribution < 1.29 is 13.2 Å². The molecule has 1 amide bonds. The van der Waals surface area contributed by atoms with Crippen LogP contribution in [0.2, 0.25) is 0 Å². The Kier molecular flexibility index (Phi) is 3.98. The first-order valence-corrected chi connectivity index (χ1v) is 8.70. The van der Waals surface area contributed by atoms with Crippen molar-refractivity contribution in [2.45, 2.75) is 43.4 Å². The van der Waals surface area contributed by atoms with Crippen LogP contribution in [-0.4, -0.2) is 31.8 Å². The number of amides is 1. The van der Waals surface area contributed by atoms with Crippen LogP contribution in [0.3, 0.4) is 0 Å². The molecule has 0 unspecified atom stereocenters. The Morgan fingerprint density at radius 2 is 2.16 bits per heavy atom. The molecule has 1 fully saturated rings. The van der Waals surface area contributed by atoms with Crippen molar-refractivity contribution in [3.63, 3.8) is 0 Å². The van der Waals surface area contributed by atoms with Gasteiger partial charge in [0, 0.05) is 18.0 Å². The first-order chi connectivity index (χ1) is 8.86. The fourth-order valence-electron chi connectivity index (χ4n) is 2.12. The van der Waals surface area contributed by atoms with E-state index in [2.05, 4.69) is 0 Å². The van der Waals surface area contributed by atoms with Crippen LogP contribution in [0.1, 0.15) is 42.1 Å². The molecule has 1 aliphatic carbocycles. The van der Waals surface area contributed by atoms with Gasteiger partial charge in [-0.2, -0.15) is 0 Å². The molecule has 0 atom stereocenters. The first kappa shape index (κ1) is 14.5. The van der Waals surface area contributed by atoms with Crippen molar-refractivity contribution in [3.05, 3.63) is 16.5 Å². The third-order valence-electron chi connectivity index (χ3n) is 3.20. The topological polar surface area (TPSA) is 80.5 Å². The number of nitrogens with zero attached hydrogens (tertiary/aromatic N) is 1. The van der Waals surface area contributed by atoms with Gasteiger partial charge in [0.15, 0.2) is 0 Å². The molecule has 0 bridgehead atoms. The van der Waals surface area contributed by atoms with Crippen LogP contribution in [-0.2, 0) is 10.0 Å². The Bertz CT molecular complexity index is 588. The predicted molar refractivity (Wildman–Crippen MR) is 74.8 cm³/mol. The van der Waals surface area contributed by atoms with Crippen molar-refractivity contribution in [3.8, 4) is 0 Å². The molecule has 0 aliphatic heterocycles. The van der Waals surface area contributed by atoms with Crippen molar-refractivity contribution >= 4 is 27.3 Å². The zero-order valence-corrected chi connectivity index (χ0v) is 12.7.